The molecule has 6 heteroatoms. The van der Waals surface area contributed by atoms with Gasteiger partial charge in [0.25, 0.3) is 0 Å². The van der Waals surface area contributed by atoms with Crippen molar-refractivity contribution in [3.63, 3.8) is 0 Å². The van der Waals surface area contributed by atoms with Crippen LogP contribution in [0.3, 0.4) is 0 Å². The molecule has 1 heterocycles. The molecule has 0 aromatic carbocycles. The molecule has 0 spiro atoms. The fraction of sp³-hybridized carbons (Fsp3) is 0.857. The highest BCUT2D eigenvalue weighted by atomic mass is 28.4. The van der Waals surface area contributed by atoms with Gasteiger partial charge in [-0.05, 0) is 43.2 Å². The van der Waals surface area contributed by atoms with Gasteiger partial charge in [0.2, 0.25) is 0 Å². The van der Waals surface area contributed by atoms with Gasteiger partial charge < -0.3 is 13.6 Å². The largest absolute Gasteiger partial charge is 0.414 e. The van der Waals surface area contributed by atoms with Crippen molar-refractivity contribution in [2.45, 2.75) is 109 Å². The summed E-state index contributed by atoms with van der Waals surface area (Å²) in [6.07, 6.45) is 4.00. The Morgan fingerprint density at radius 3 is 1.93 bits per heavy atom. The first-order valence-corrected chi connectivity index (χ1v) is 15.9. The molecule has 27 heavy (non-hydrogen) atoms. The average molecular weight is 415 g/mol. The molecule has 1 aliphatic rings. The van der Waals surface area contributed by atoms with E-state index in [0.717, 1.165) is 0 Å². The van der Waals surface area contributed by atoms with Crippen molar-refractivity contribution in [3.8, 4) is 0 Å². The highest BCUT2D eigenvalue weighted by molar-refractivity contribution is 6.74. The van der Waals surface area contributed by atoms with Crippen LogP contribution in [-0.2, 0) is 18.4 Å². The van der Waals surface area contributed by atoms with E-state index in [1.54, 1.807) is 6.92 Å². The Kier molecular flexibility index (Phi) is 7.90. The summed E-state index contributed by atoms with van der Waals surface area (Å²) in [5.74, 6) is 0.137. The van der Waals surface area contributed by atoms with Crippen LogP contribution >= 0.6 is 0 Å². The molecule has 0 bridgehead atoms. The van der Waals surface area contributed by atoms with Crippen LogP contribution < -0.4 is 0 Å². The minimum atomic E-state index is -1.94. The molecule has 0 saturated heterocycles. The Hall–Kier alpha value is -0.276. The van der Waals surface area contributed by atoms with Gasteiger partial charge in [0.1, 0.15) is 11.9 Å². The number of rotatable bonds is 7. The predicted molar refractivity (Wildman–Crippen MR) is 118 cm³/mol. The standard InChI is InChI=1S/C21H42O4Si2/c1-16(22)14-17-12-13-18(25-27(10,11)21(5,6)7)19(24-17)15-23-26(8,9)20(2,3)4/h12-13,17-19H,14-15H2,1-11H3. The topological polar surface area (TPSA) is 44.8 Å². The molecule has 1 rings (SSSR count). The number of hydrogen-bond donors (Lipinski definition) is 0. The number of carbonyl (C=O) groups excluding carboxylic acids is 1. The van der Waals surface area contributed by atoms with Crippen LogP contribution in [0.2, 0.25) is 36.3 Å². The quantitative estimate of drug-likeness (QED) is 0.396. The van der Waals surface area contributed by atoms with Gasteiger partial charge in [0, 0.05) is 6.42 Å². The van der Waals surface area contributed by atoms with Gasteiger partial charge in [-0.2, -0.15) is 0 Å². The van der Waals surface area contributed by atoms with Gasteiger partial charge in [-0.25, -0.2) is 0 Å². The fourth-order valence-corrected chi connectivity index (χ4v) is 4.66. The lowest BCUT2D eigenvalue weighted by atomic mass is 10.1. The highest BCUT2D eigenvalue weighted by Crippen LogP contribution is 2.40. The van der Waals surface area contributed by atoms with Gasteiger partial charge in [-0.1, -0.05) is 53.7 Å². The molecule has 158 valence electrons. The van der Waals surface area contributed by atoms with Crippen LogP contribution in [0, 0.1) is 0 Å². The molecule has 0 aromatic rings. The van der Waals surface area contributed by atoms with Crippen LogP contribution in [-0.4, -0.2) is 47.3 Å². The van der Waals surface area contributed by atoms with E-state index >= 15 is 0 Å². The lowest BCUT2D eigenvalue weighted by molar-refractivity contribution is -0.123. The predicted octanol–water partition coefficient (Wildman–Crippen LogP) is 5.70. The van der Waals surface area contributed by atoms with Crippen LogP contribution in [0.1, 0.15) is 54.9 Å². The van der Waals surface area contributed by atoms with Crippen molar-refractivity contribution in [2.24, 2.45) is 0 Å². The SMILES string of the molecule is CC(=O)CC1C=CC(O[Si](C)(C)C(C)(C)C)C(CO[Si](C)(C)C(C)(C)C)O1. The van der Waals surface area contributed by atoms with Crippen molar-refractivity contribution in [3.05, 3.63) is 12.2 Å². The smallest absolute Gasteiger partial charge is 0.193 e. The van der Waals surface area contributed by atoms with E-state index in [9.17, 15) is 4.79 Å². The van der Waals surface area contributed by atoms with Gasteiger partial charge in [0.05, 0.1) is 18.8 Å². The first-order chi connectivity index (χ1) is 12.0. The van der Waals surface area contributed by atoms with Gasteiger partial charge in [0.15, 0.2) is 16.6 Å². The summed E-state index contributed by atoms with van der Waals surface area (Å²) in [7, 11) is -3.83. The Morgan fingerprint density at radius 1 is 0.963 bits per heavy atom. The van der Waals surface area contributed by atoms with Crippen LogP contribution in [0.15, 0.2) is 12.2 Å². The minimum absolute atomic E-state index is 0.126. The molecule has 0 amide bonds. The van der Waals surface area contributed by atoms with E-state index in [1.807, 2.05) is 6.08 Å². The second kappa shape index (κ2) is 8.61. The minimum Gasteiger partial charge on any atom is -0.414 e. The maximum absolute atomic E-state index is 11.5. The number of Topliss-reactive ketones (excluding diaryl/α,β-unsaturated/α-hetero) is 1. The van der Waals surface area contributed by atoms with Crippen molar-refractivity contribution >= 4 is 22.4 Å². The average Bonchev–Trinajstić information content (AvgIpc) is 2.44. The number of carbonyl (C=O) groups is 1. The summed E-state index contributed by atoms with van der Waals surface area (Å²) in [5, 5.41) is 0.272. The number of ether oxygens (including phenoxy) is 1. The summed E-state index contributed by atoms with van der Waals surface area (Å²) in [6, 6.07) is 0. The van der Waals surface area contributed by atoms with Gasteiger partial charge in [-0.3, -0.25) is 4.79 Å². The van der Waals surface area contributed by atoms with Crippen molar-refractivity contribution in [1.82, 2.24) is 0 Å². The zero-order valence-corrected chi connectivity index (χ0v) is 21.4. The van der Waals surface area contributed by atoms with Crippen molar-refractivity contribution < 1.29 is 18.4 Å². The first-order valence-electron chi connectivity index (χ1n) is 10.1. The molecule has 3 unspecified atom stereocenters. The molecule has 4 nitrogen and oxygen atoms in total. The third kappa shape index (κ3) is 6.92. The third-order valence-electron chi connectivity index (χ3n) is 6.37. The molecule has 0 radical (unpaired) electrons. The highest BCUT2D eigenvalue weighted by Gasteiger charge is 2.43. The van der Waals surface area contributed by atoms with Gasteiger partial charge >= 0.3 is 0 Å². The summed E-state index contributed by atoms with van der Waals surface area (Å²) < 4.78 is 19.3. The first kappa shape index (κ1) is 24.8. The Labute approximate surface area is 169 Å². The fourth-order valence-electron chi connectivity index (χ4n) is 2.38. The number of ketones is 1. The maximum Gasteiger partial charge on any atom is 0.193 e. The second-order valence-electron chi connectivity index (χ2n) is 10.9. The molecule has 0 aliphatic carbocycles. The zero-order valence-electron chi connectivity index (χ0n) is 19.4. The maximum atomic E-state index is 11.5. The second-order valence-corrected chi connectivity index (χ2v) is 20.5. The Balaban J connectivity index is 2.98. The molecule has 0 fully saturated rings. The van der Waals surface area contributed by atoms with Crippen LogP contribution in [0.25, 0.3) is 0 Å². The van der Waals surface area contributed by atoms with Crippen molar-refractivity contribution in [1.29, 1.82) is 0 Å². The Morgan fingerprint density at radius 2 is 1.48 bits per heavy atom. The van der Waals surface area contributed by atoms with Crippen LogP contribution in [0.5, 0.6) is 0 Å². The Bertz CT molecular complexity index is 541. The molecule has 0 aromatic heterocycles. The van der Waals surface area contributed by atoms with E-state index in [2.05, 4.69) is 73.8 Å². The summed E-state index contributed by atoms with van der Waals surface area (Å²) in [4.78, 5) is 11.5. The van der Waals surface area contributed by atoms with Crippen molar-refractivity contribution in [2.75, 3.05) is 6.61 Å². The molecule has 0 saturated carbocycles. The van der Waals surface area contributed by atoms with E-state index in [-0.39, 0.29) is 34.2 Å². The van der Waals surface area contributed by atoms with Crippen LogP contribution in [0.4, 0.5) is 0 Å². The summed E-state index contributed by atoms with van der Waals surface area (Å²) in [6.45, 7) is 24.6. The zero-order chi connectivity index (χ0) is 21.3. The lowest BCUT2D eigenvalue weighted by Crippen LogP contribution is -2.51. The monoisotopic (exact) mass is 414 g/mol. The van der Waals surface area contributed by atoms with E-state index in [0.29, 0.717) is 13.0 Å². The third-order valence-corrected chi connectivity index (χ3v) is 15.3. The molecular weight excluding hydrogens is 372 g/mol. The molecule has 3 atom stereocenters. The summed E-state index contributed by atoms with van der Waals surface area (Å²) >= 11 is 0. The van der Waals surface area contributed by atoms with E-state index in [4.69, 9.17) is 13.6 Å². The lowest BCUT2D eigenvalue weighted by Gasteiger charge is -2.43. The number of hydrogen-bond acceptors (Lipinski definition) is 4. The molecular formula is C21H42O4Si2. The summed E-state index contributed by atoms with van der Waals surface area (Å²) in [5.41, 5.74) is 0. The van der Waals surface area contributed by atoms with E-state index < -0.39 is 16.6 Å². The van der Waals surface area contributed by atoms with E-state index in [1.165, 1.54) is 0 Å². The molecule has 1 aliphatic heterocycles. The van der Waals surface area contributed by atoms with Gasteiger partial charge in [-0.15, -0.1) is 0 Å². The normalized spacial score (nSPS) is 24.9. The molecule has 0 N–H and O–H groups in total.